The summed E-state index contributed by atoms with van der Waals surface area (Å²) < 4.78 is 25.3. The number of ether oxygens (including phenoxy) is 2. The van der Waals surface area contributed by atoms with E-state index < -0.39 is 0 Å². The van der Waals surface area contributed by atoms with Crippen LogP contribution >= 0.6 is 0 Å². The molecule has 0 bridgehead atoms. The molecule has 3 aromatic rings. The van der Waals surface area contributed by atoms with E-state index in [1.54, 1.807) is 31.1 Å². The third-order valence-electron chi connectivity index (χ3n) is 6.22. The summed E-state index contributed by atoms with van der Waals surface area (Å²) in [5, 5.41) is 20.2. The minimum Gasteiger partial charge on any atom is -0.493 e. The summed E-state index contributed by atoms with van der Waals surface area (Å²) in [6.45, 7) is 6.97. The van der Waals surface area contributed by atoms with Gasteiger partial charge in [-0.05, 0) is 43.2 Å². The lowest BCUT2D eigenvalue weighted by Gasteiger charge is -2.36. The molecule has 3 N–H and O–H groups in total. The normalized spacial score (nSPS) is 14.2. The van der Waals surface area contributed by atoms with E-state index in [0.717, 1.165) is 30.6 Å². The van der Waals surface area contributed by atoms with Crippen LogP contribution in [0.25, 0.3) is 10.9 Å². The topological polar surface area (TPSA) is 110 Å². The molecular formula is C26H32FN7O2. The lowest BCUT2D eigenvalue weighted by atomic mass is 10.2. The number of nitrogens with zero attached hydrogens (tertiary/aromatic N) is 4. The van der Waals surface area contributed by atoms with Gasteiger partial charge in [-0.3, -0.25) is 15.7 Å². The molecule has 0 spiro atoms. The molecule has 0 aliphatic carbocycles. The number of aryl methyl sites for hydroxylation is 1. The maximum absolute atomic E-state index is 13.7. The Labute approximate surface area is 210 Å². The predicted molar refractivity (Wildman–Crippen MR) is 140 cm³/mol. The van der Waals surface area contributed by atoms with Crippen molar-refractivity contribution in [1.82, 2.24) is 19.8 Å². The van der Waals surface area contributed by atoms with Crippen LogP contribution in [-0.2, 0) is 0 Å². The molecule has 1 saturated heterocycles. The van der Waals surface area contributed by atoms with E-state index in [9.17, 15) is 4.39 Å². The van der Waals surface area contributed by atoms with Crippen molar-refractivity contribution in [3.8, 4) is 11.5 Å². The van der Waals surface area contributed by atoms with Crippen LogP contribution in [0.4, 0.5) is 15.9 Å². The minimum atomic E-state index is -0.257. The number of methoxy groups -OCH3 is 1. The molecule has 1 aromatic heterocycles. The largest absolute Gasteiger partial charge is 0.493 e. The van der Waals surface area contributed by atoms with E-state index in [1.807, 2.05) is 19.1 Å². The standard InChI is InChI=1S/C26H32FN7O2/c1-4-24(28)34-10-9-33(15-25(34)29)8-5-11-36-23-13-19-21(14-22(23)35-3)30-16-31-26(19)32-18-6-7-20(27)17(2)12-18/h6-7,12-14,16,28-29H,4-5,8-11,15H2,1-3H3,(H,30,31,32). The third-order valence-corrected chi connectivity index (χ3v) is 6.22. The molecule has 36 heavy (non-hydrogen) atoms. The fraction of sp³-hybridized carbons (Fsp3) is 0.385. The van der Waals surface area contributed by atoms with Crippen LogP contribution in [0.15, 0.2) is 36.7 Å². The summed E-state index contributed by atoms with van der Waals surface area (Å²) in [7, 11) is 1.59. The van der Waals surface area contributed by atoms with Gasteiger partial charge in [-0.25, -0.2) is 14.4 Å². The average Bonchev–Trinajstić information content (AvgIpc) is 2.88. The highest BCUT2D eigenvalue weighted by atomic mass is 19.1. The zero-order valence-corrected chi connectivity index (χ0v) is 20.9. The van der Waals surface area contributed by atoms with Crippen LogP contribution in [0.5, 0.6) is 11.5 Å². The lowest BCUT2D eigenvalue weighted by molar-refractivity contribution is 0.224. The Balaban J connectivity index is 1.41. The second-order valence-electron chi connectivity index (χ2n) is 8.71. The van der Waals surface area contributed by atoms with E-state index in [2.05, 4.69) is 20.2 Å². The number of piperazine rings is 1. The Kier molecular flexibility index (Phi) is 7.94. The van der Waals surface area contributed by atoms with Crippen LogP contribution in [-0.4, -0.2) is 71.3 Å². The molecule has 4 rings (SSSR count). The summed E-state index contributed by atoms with van der Waals surface area (Å²) in [5.74, 6) is 2.48. The van der Waals surface area contributed by atoms with Gasteiger partial charge in [-0.15, -0.1) is 0 Å². The van der Waals surface area contributed by atoms with Crippen molar-refractivity contribution in [3.05, 3.63) is 48.0 Å². The van der Waals surface area contributed by atoms with E-state index in [4.69, 9.17) is 20.3 Å². The number of hydrogen-bond donors (Lipinski definition) is 3. The van der Waals surface area contributed by atoms with Gasteiger partial charge >= 0.3 is 0 Å². The number of benzene rings is 2. The number of aromatic nitrogens is 2. The monoisotopic (exact) mass is 493 g/mol. The van der Waals surface area contributed by atoms with Crippen molar-refractivity contribution >= 4 is 34.1 Å². The number of halogens is 1. The van der Waals surface area contributed by atoms with Gasteiger partial charge in [0.2, 0.25) is 0 Å². The van der Waals surface area contributed by atoms with E-state index in [0.29, 0.717) is 66.2 Å². The second-order valence-corrected chi connectivity index (χ2v) is 8.71. The first-order chi connectivity index (χ1) is 17.4. The van der Waals surface area contributed by atoms with Crippen molar-refractivity contribution in [3.63, 3.8) is 0 Å². The average molecular weight is 494 g/mol. The van der Waals surface area contributed by atoms with Gasteiger partial charge < -0.3 is 19.7 Å². The summed E-state index contributed by atoms with van der Waals surface area (Å²) >= 11 is 0. The van der Waals surface area contributed by atoms with Crippen LogP contribution in [0.2, 0.25) is 0 Å². The molecular weight excluding hydrogens is 461 g/mol. The molecule has 1 aliphatic heterocycles. The highest BCUT2D eigenvalue weighted by Crippen LogP contribution is 2.35. The first-order valence-electron chi connectivity index (χ1n) is 12.0. The molecule has 0 unspecified atom stereocenters. The summed E-state index contributed by atoms with van der Waals surface area (Å²) in [6.07, 6.45) is 2.89. The predicted octanol–water partition coefficient (Wildman–Crippen LogP) is 4.58. The Bertz CT molecular complexity index is 1270. The Morgan fingerprint density at radius 3 is 2.72 bits per heavy atom. The number of amidine groups is 2. The molecule has 9 nitrogen and oxygen atoms in total. The Hall–Kier alpha value is -3.79. The molecule has 1 fully saturated rings. The smallest absolute Gasteiger partial charge is 0.162 e. The molecule has 0 saturated carbocycles. The van der Waals surface area contributed by atoms with Gasteiger partial charge in [0, 0.05) is 43.2 Å². The van der Waals surface area contributed by atoms with Gasteiger partial charge in [0.15, 0.2) is 11.5 Å². The molecule has 190 valence electrons. The summed E-state index contributed by atoms with van der Waals surface area (Å²) in [6, 6.07) is 8.50. The summed E-state index contributed by atoms with van der Waals surface area (Å²) in [5.41, 5.74) is 1.97. The number of nitrogens with one attached hydrogen (secondary N) is 3. The highest BCUT2D eigenvalue weighted by Gasteiger charge is 2.23. The number of hydrogen-bond acceptors (Lipinski definition) is 8. The quantitative estimate of drug-likeness (QED) is 0.227. The maximum Gasteiger partial charge on any atom is 0.162 e. The zero-order chi connectivity index (χ0) is 25.7. The molecule has 0 amide bonds. The van der Waals surface area contributed by atoms with Crippen molar-refractivity contribution in [1.29, 1.82) is 10.8 Å². The molecule has 2 aromatic carbocycles. The minimum absolute atomic E-state index is 0.257. The lowest BCUT2D eigenvalue weighted by Crippen LogP contribution is -2.52. The number of fused-ring (bicyclic) bond motifs is 1. The van der Waals surface area contributed by atoms with Crippen molar-refractivity contribution in [2.24, 2.45) is 0 Å². The van der Waals surface area contributed by atoms with Gasteiger partial charge in [0.05, 0.1) is 25.8 Å². The molecule has 10 heteroatoms. The fourth-order valence-electron chi connectivity index (χ4n) is 4.20. The van der Waals surface area contributed by atoms with Crippen LogP contribution in [0.1, 0.15) is 25.3 Å². The van der Waals surface area contributed by atoms with Crippen LogP contribution < -0.4 is 14.8 Å². The molecule has 0 radical (unpaired) electrons. The van der Waals surface area contributed by atoms with Gasteiger partial charge in [-0.2, -0.15) is 0 Å². The zero-order valence-electron chi connectivity index (χ0n) is 20.9. The van der Waals surface area contributed by atoms with Crippen LogP contribution in [0.3, 0.4) is 0 Å². The fourth-order valence-corrected chi connectivity index (χ4v) is 4.20. The van der Waals surface area contributed by atoms with Crippen molar-refractivity contribution in [2.45, 2.75) is 26.7 Å². The first-order valence-corrected chi connectivity index (χ1v) is 12.0. The SMILES string of the molecule is CCC(=N)N1CCN(CCCOc2cc3c(Nc4ccc(F)c(C)c4)ncnc3cc2OC)CC1=N. The maximum atomic E-state index is 13.7. The van der Waals surface area contributed by atoms with Crippen molar-refractivity contribution in [2.75, 3.05) is 45.2 Å². The number of rotatable bonds is 9. The third kappa shape index (κ3) is 5.71. The second kappa shape index (κ2) is 11.3. The van der Waals surface area contributed by atoms with Crippen LogP contribution in [0, 0.1) is 23.6 Å². The van der Waals surface area contributed by atoms with E-state index >= 15 is 0 Å². The Morgan fingerprint density at radius 1 is 1.17 bits per heavy atom. The van der Waals surface area contributed by atoms with Gasteiger partial charge in [0.1, 0.15) is 29.6 Å². The molecule has 2 heterocycles. The Morgan fingerprint density at radius 2 is 2.00 bits per heavy atom. The summed E-state index contributed by atoms with van der Waals surface area (Å²) in [4.78, 5) is 12.7. The van der Waals surface area contributed by atoms with Crippen molar-refractivity contribution < 1.29 is 13.9 Å². The van der Waals surface area contributed by atoms with E-state index in [1.165, 1.54) is 12.4 Å². The number of anilines is 2. The van der Waals surface area contributed by atoms with Gasteiger partial charge in [-0.1, -0.05) is 6.92 Å². The van der Waals surface area contributed by atoms with Gasteiger partial charge in [0.25, 0.3) is 0 Å². The highest BCUT2D eigenvalue weighted by molar-refractivity contribution is 5.99. The molecule has 1 aliphatic rings. The first kappa shape index (κ1) is 25.3. The molecule has 0 atom stereocenters. The van der Waals surface area contributed by atoms with E-state index in [-0.39, 0.29) is 5.82 Å².